The third-order valence-corrected chi connectivity index (χ3v) is 13.9. The summed E-state index contributed by atoms with van der Waals surface area (Å²) in [5.74, 6) is -0.741. The molecule has 0 fully saturated rings. The maximum atomic E-state index is 13.5. The number of ether oxygens (including phenoxy) is 2. The highest BCUT2D eigenvalue weighted by Crippen LogP contribution is 2.44. The summed E-state index contributed by atoms with van der Waals surface area (Å²) in [6, 6.07) is 27.4. The molecule has 0 saturated heterocycles. The van der Waals surface area contributed by atoms with Crippen LogP contribution in [0.4, 0.5) is 11.4 Å². The van der Waals surface area contributed by atoms with E-state index >= 15 is 0 Å². The predicted molar refractivity (Wildman–Crippen MR) is 234 cm³/mol. The molecule has 1 aliphatic heterocycles. The highest BCUT2D eigenvalue weighted by molar-refractivity contribution is 7.89. The molecule has 11 heteroatoms. The number of fused-ring (bicyclic) bond motifs is 1. The van der Waals surface area contributed by atoms with E-state index in [1.807, 2.05) is 26.8 Å². The van der Waals surface area contributed by atoms with Crippen LogP contribution in [0.1, 0.15) is 82.9 Å². The average molecular weight is 800 g/mol. The number of methoxy groups -OCH3 is 1. The van der Waals surface area contributed by atoms with Gasteiger partial charge in [-0.25, -0.2) is 13.2 Å². The van der Waals surface area contributed by atoms with Crippen LogP contribution in [0.15, 0.2) is 89.8 Å². The lowest BCUT2D eigenvalue weighted by molar-refractivity contribution is -0.151. The zero-order valence-electron chi connectivity index (χ0n) is 34.8. The van der Waals surface area contributed by atoms with Gasteiger partial charge in [-0.15, -0.1) is 0 Å². The van der Waals surface area contributed by atoms with Gasteiger partial charge in [0.2, 0.25) is 10.0 Å². The van der Waals surface area contributed by atoms with Crippen molar-refractivity contribution in [3.8, 4) is 0 Å². The molecule has 0 radical (unpaired) electrons. The summed E-state index contributed by atoms with van der Waals surface area (Å²) in [6.45, 7) is 13.7. The molecule has 1 atom stereocenters. The summed E-state index contributed by atoms with van der Waals surface area (Å²) in [6.07, 6.45) is 2.99. The Morgan fingerprint density at radius 3 is 2.21 bits per heavy atom. The van der Waals surface area contributed by atoms with Crippen molar-refractivity contribution in [3.63, 3.8) is 0 Å². The van der Waals surface area contributed by atoms with Gasteiger partial charge in [0.15, 0.2) is 0 Å². The number of rotatable bonds is 14. The topological polar surface area (TPSA) is 105 Å². The molecule has 5 aromatic rings. The number of aryl methyl sites for hydroxylation is 1. The number of benzene rings is 5. The summed E-state index contributed by atoms with van der Waals surface area (Å²) < 4.78 is 39.5. The van der Waals surface area contributed by atoms with Crippen LogP contribution in [0, 0.1) is 26.2 Å². The molecule has 1 unspecified atom stereocenters. The summed E-state index contributed by atoms with van der Waals surface area (Å²) in [4.78, 5) is 29.4. The SMILES string of the molecule is CCCN(CCC)S(=O)(=O)c1ccc(C(=O)OCCc2c(C)c3c(c(C)c2B2Nc4cccc5cc(C)cc(c45)N2Cc2ccccc2)CC(C)(C(=O)OC)C3)cc1. The van der Waals surface area contributed by atoms with Crippen molar-refractivity contribution >= 4 is 56.6 Å². The van der Waals surface area contributed by atoms with Gasteiger partial charge in [-0.05, 0) is 140 Å². The van der Waals surface area contributed by atoms with Crippen molar-refractivity contribution in [2.75, 3.05) is 36.8 Å². The first-order valence-electron chi connectivity index (χ1n) is 20.4. The van der Waals surface area contributed by atoms with Crippen LogP contribution in [0.25, 0.3) is 10.8 Å². The van der Waals surface area contributed by atoms with Crippen LogP contribution in [-0.2, 0) is 50.1 Å². The van der Waals surface area contributed by atoms with Crippen LogP contribution in [0.5, 0.6) is 0 Å². The number of nitrogens with zero attached hydrogens (tertiary/aromatic N) is 2. The van der Waals surface area contributed by atoms with Crippen molar-refractivity contribution in [3.05, 3.63) is 129 Å². The molecule has 0 bridgehead atoms. The van der Waals surface area contributed by atoms with E-state index in [1.165, 1.54) is 63.1 Å². The van der Waals surface area contributed by atoms with E-state index in [0.29, 0.717) is 51.7 Å². The molecule has 7 rings (SSSR count). The largest absolute Gasteiger partial charge is 0.469 e. The smallest absolute Gasteiger partial charge is 0.409 e. The summed E-state index contributed by atoms with van der Waals surface area (Å²) in [5, 5.41) is 6.31. The fraction of sp³-hybridized carbons (Fsp3) is 0.362. The van der Waals surface area contributed by atoms with Gasteiger partial charge in [-0.3, -0.25) is 4.79 Å². The molecule has 1 aliphatic carbocycles. The molecule has 2 aliphatic rings. The van der Waals surface area contributed by atoms with E-state index in [1.54, 1.807) is 0 Å². The Morgan fingerprint density at radius 2 is 1.55 bits per heavy atom. The normalized spacial score (nSPS) is 16.1. The molecule has 0 amide bonds. The first kappa shape index (κ1) is 41.0. The second-order valence-corrected chi connectivity index (χ2v) is 18.1. The number of nitrogens with one attached hydrogen (secondary N) is 1. The van der Waals surface area contributed by atoms with Crippen LogP contribution >= 0.6 is 0 Å². The molecule has 1 heterocycles. The van der Waals surface area contributed by atoms with Gasteiger partial charge in [0.1, 0.15) is 0 Å². The average Bonchev–Trinajstić information content (AvgIpc) is 3.60. The predicted octanol–water partition coefficient (Wildman–Crippen LogP) is 8.08. The van der Waals surface area contributed by atoms with Crippen LogP contribution in [0.2, 0.25) is 0 Å². The van der Waals surface area contributed by atoms with Gasteiger partial charge >= 0.3 is 18.9 Å². The zero-order valence-corrected chi connectivity index (χ0v) is 35.6. The maximum absolute atomic E-state index is 13.5. The molecule has 5 aromatic carbocycles. The number of hydrogen-bond donors (Lipinski definition) is 1. The first-order chi connectivity index (χ1) is 27.8. The highest BCUT2D eigenvalue weighted by atomic mass is 32.2. The minimum atomic E-state index is -3.68. The van der Waals surface area contributed by atoms with E-state index in [-0.39, 0.29) is 30.0 Å². The first-order valence-corrected chi connectivity index (χ1v) is 21.8. The molecule has 1 N–H and O–H groups in total. The van der Waals surface area contributed by atoms with Crippen molar-refractivity contribution < 1.29 is 27.5 Å². The van der Waals surface area contributed by atoms with Crippen LogP contribution in [0.3, 0.4) is 0 Å². The number of carbonyl (C=O) groups excluding carboxylic acids is 2. The van der Waals surface area contributed by atoms with Crippen molar-refractivity contribution in [2.24, 2.45) is 5.41 Å². The Kier molecular flexibility index (Phi) is 11.8. The molecular formula is C47H54BN3O6S. The van der Waals surface area contributed by atoms with Crippen molar-refractivity contribution in [2.45, 2.75) is 85.1 Å². The second-order valence-electron chi connectivity index (χ2n) is 16.2. The second kappa shape index (κ2) is 16.6. The quantitative estimate of drug-likeness (QED) is 0.0889. The number of hydrogen-bond acceptors (Lipinski definition) is 8. The van der Waals surface area contributed by atoms with Gasteiger partial charge in [0.25, 0.3) is 0 Å². The Bertz CT molecular complexity index is 2470. The van der Waals surface area contributed by atoms with Gasteiger partial charge in [-0.1, -0.05) is 62.4 Å². The highest BCUT2D eigenvalue weighted by Gasteiger charge is 2.45. The zero-order chi connectivity index (χ0) is 41.4. The number of esters is 2. The van der Waals surface area contributed by atoms with E-state index in [0.717, 1.165) is 39.1 Å². The fourth-order valence-corrected chi connectivity index (χ4v) is 10.8. The summed E-state index contributed by atoms with van der Waals surface area (Å²) in [5.41, 5.74) is 10.8. The Hall–Kier alpha value is -5.13. The summed E-state index contributed by atoms with van der Waals surface area (Å²) >= 11 is 0. The monoisotopic (exact) mass is 799 g/mol. The lowest BCUT2D eigenvalue weighted by Crippen LogP contribution is -2.58. The minimum Gasteiger partial charge on any atom is -0.469 e. The van der Waals surface area contributed by atoms with Crippen LogP contribution in [-0.4, -0.2) is 58.5 Å². The molecule has 0 spiro atoms. The third-order valence-electron chi connectivity index (χ3n) is 12.0. The lowest BCUT2D eigenvalue weighted by Gasteiger charge is -2.40. The lowest BCUT2D eigenvalue weighted by atomic mass is 9.58. The van der Waals surface area contributed by atoms with Gasteiger partial charge < -0.3 is 19.5 Å². The van der Waals surface area contributed by atoms with E-state index in [4.69, 9.17) is 9.47 Å². The molecule has 302 valence electrons. The Morgan fingerprint density at radius 1 is 0.879 bits per heavy atom. The molecule has 0 aromatic heterocycles. The van der Waals surface area contributed by atoms with Gasteiger partial charge in [-0.2, -0.15) is 4.31 Å². The number of sulfonamides is 1. The van der Waals surface area contributed by atoms with Gasteiger partial charge in [0, 0.05) is 42.8 Å². The van der Waals surface area contributed by atoms with Gasteiger partial charge in [0.05, 0.1) is 29.6 Å². The Labute approximate surface area is 343 Å². The standard InChI is InChI=1S/C47H54BN3O6S/c1-8-23-50(24-9-2)58(54,55)37-20-18-35(19-21-37)45(52)57-25-22-38-32(4)39-28-47(6,46(53)56-7)29-40(39)33(5)44(38)48-49-41-17-13-16-36-26-31(3)27-42(43(36)41)51(48)30-34-14-11-10-12-15-34/h10-21,26-27,49H,8-9,22-25,28-30H2,1-7H3. The number of carbonyl (C=O) groups is 2. The van der Waals surface area contributed by atoms with Crippen LogP contribution < -0.4 is 15.5 Å². The van der Waals surface area contributed by atoms with E-state index < -0.39 is 21.4 Å². The molecule has 0 saturated carbocycles. The minimum absolute atomic E-state index is 0.108. The molecule has 58 heavy (non-hydrogen) atoms. The number of anilines is 2. The van der Waals surface area contributed by atoms with E-state index in [2.05, 4.69) is 85.4 Å². The maximum Gasteiger partial charge on any atom is 0.409 e. The molecular weight excluding hydrogens is 745 g/mol. The van der Waals surface area contributed by atoms with Crippen molar-refractivity contribution in [1.29, 1.82) is 0 Å². The fourth-order valence-electron chi connectivity index (χ4n) is 9.17. The molecule has 9 nitrogen and oxygen atoms in total. The summed E-state index contributed by atoms with van der Waals surface area (Å²) in [7, 11) is -2.23. The third kappa shape index (κ3) is 7.62. The van der Waals surface area contributed by atoms with Crippen molar-refractivity contribution in [1.82, 2.24) is 4.31 Å². The Balaban J connectivity index is 1.26. The van der Waals surface area contributed by atoms with E-state index in [9.17, 15) is 18.0 Å².